The monoisotopic (exact) mass is 219 g/mol. The number of nitro groups is 1. The van der Waals surface area contributed by atoms with E-state index >= 15 is 0 Å². The van der Waals surface area contributed by atoms with E-state index in [9.17, 15) is 10.1 Å². The molecule has 0 aliphatic rings. The first-order valence-corrected chi connectivity index (χ1v) is 4.75. The molecule has 16 heavy (non-hydrogen) atoms. The van der Waals surface area contributed by atoms with Crippen molar-refractivity contribution >= 4 is 17.8 Å². The van der Waals surface area contributed by atoms with Gasteiger partial charge in [-0.15, -0.1) is 0 Å². The van der Waals surface area contributed by atoms with Crippen molar-refractivity contribution in [3.05, 3.63) is 52.1 Å². The Balaban J connectivity index is 3.02. The minimum Gasteiger partial charge on any atom is -0.381 e. The van der Waals surface area contributed by atoms with Gasteiger partial charge in [0.25, 0.3) is 5.69 Å². The van der Waals surface area contributed by atoms with Gasteiger partial charge >= 0.3 is 0 Å². The van der Waals surface area contributed by atoms with E-state index in [-0.39, 0.29) is 5.69 Å². The highest BCUT2D eigenvalue weighted by atomic mass is 16.6. The number of hydrogen-bond donors (Lipinski definition) is 0. The smallest absolute Gasteiger partial charge is 0.277 e. The predicted molar refractivity (Wildman–Crippen MR) is 64.1 cm³/mol. The summed E-state index contributed by atoms with van der Waals surface area (Å²) in [6, 6.07) is 5.00. The molecule has 84 valence electrons. The second kappa shape index (κ2) is 5.82. The lowest BCUT2D eigenvalue weighted by atomic mass is 10.1. The van der Waals surface area contributed by atoms with E-state index in [4.69, 9.17) is 4.74 Å². The van der Waals surface area contributed by atoms with Crippen LogP contribution in [-0.2, 0) is 4.74 Å². The summed E-state index contributed by atoms with van der Waals surface area (Å²) in [7, 11) is 1.59. The van der Waals surface area contributed by atoms with Crippen molar-refractivity contribution in [1.82, 2.24) is 0 Å². The maximum atomic E-state index is 10.8. The lowest BCUT2D eigenvalue weighted by Gasteiger charge is -1.99. The van der Waals surface area contributed by atoms with Gasteiger partial charge in [0.15, 0.2) is 0 Å². The van der Waals surface area contributed by atoms with Crippen molar-refractivity contribution in [3.8, 4) is 0 Å². The first-order valence-electron chi connectivity index (χ1n) is 4.75. The Kier molecular flexibility index (Phi) is 4.42. The molecule has 4 heteroatoms. The first kappa shape index (κ1) is 12.1. The number of rotatable bonds is 5. The molecule has 0 aliphatic carbocycles. The van der Waals surface area contributed by atoms with Crippen LogP contribution in [0.4, 0.5) is 5.69 Å². The first-order chi connectivity index (χ1) is 7.69. The van der Waals surface area contributed by atoms with Gasteiger partial charge in [0.1, 0.15) is 0 Å². The summed E-state index contributed by atoms with van der Waals surface area (Å²) in [5.74, 6) is 0. The Morgan fingerprint density at radius 2 is 2.31 bits per heavy atom. The predicted octanol–water partition coefficient (Wildman–Crippen LogP) is 2.90. The highest BCUT2D eigenvalue weighted by molar-refractivity contribution is 5.64. The molecule has 1 aromatic rings. The topological polar surface area (TPSA) is 52.4 Å². The van der Waals surface area contributed by atoms with E-state index in [1.807, 2.05) is 0 Å². The summed E-state index contributed by atoms with van der Waals surface area (Å²) >= 11 is 0. The molecule has 0 saturated heterocycles. The molecule has 1 rings (SSSR count). The van der Waals surface area contributed by atoms with Crippen molar-refractivity contribution < 1.29 is 9.66 Å². The third kappa shape index (κ3) is 3.03. The van der Waals surface area contributed by atoms with Crippen LogP contribution >= 0.6 is 0 Å². The average Bonchev–Trinajstić information content (AvgIpc) is 2.29. The summed E-state index contributed by atoms with van der Waals surface area (Å²) in [4.78, 5) is 10.4. The van der Waals surface area contributed by atoms with Crippen LogP contribution in [0, 0.1) is 10.1 Å². The van der Waals surface area contributed by atoms with Gasteiger partial charge in [-0.05, 0) is 11.6 Å². The number of benzene rings is 1. The molecule has 0 N–H and O–H groups in total. The van der Waals surface area contributed by atoms with Crippen LogP contribution in [0.1, 0.15) is 11.1 Å². The maximum Gasteiger partial charge on any atom is 0.277 e. The molecule has 1 aromatic carbocycles. The summed E-state index contributed by atoms with van der Waals surface area (Å²) in [6.07, 6.45) is 5.05. The van der Waals surface area contributed by atoms with E-state index in [2.05, 4.69) is 6.58 Å². The van der Waals surface area contributed by atoms with Gasteiger partial charge < -0.3 is 4.74 Å². The minimum atomic E-state index is -0.412. The molecule has 4 nitrogen and oxygen atoms in total. The third-order valence-electron chi connectivity index (χ3n) is 2.04. The van der Waals surface area contributed by atoms with E-state index in [1.54, 1.807) is 31.4 Å². The van der Waals surface area contributed by atoms with E-state index in [0.29, 0.717) is 12.2 Å². The Morgan fingerprint density at radius 3 is 2.88 bits per heavy atom. The highest BCUT2D eigenvalue weighted by Crippen LogP contribution is 2.21. The quantitative estimate of drug-likeness (QED) is 0.565. The fourth-order valence-corrected chi connectivity index (χ4v) is 1.28. The van der Waals surface area contributed by atoms with Crippen LogP contribution in [0.15, 0.2) is 30.9 Å². The van der Waals surface area contributed by atoms with Gasteiger partial charge in [-0.1, -0.05) is 30.9 Å². The summed E-state index contributed by atoms with van der Waals surface area (Å²) < 4.78 is 4.85. The van der Waals surface area contributed by atoms with Gasteiger partial charge in [0.2, 0.25) is 0 Å². The van der Waals surface area contributed by atoms with Crippen LogP contribution < -0.4 is 0 Å². The molecular weight excluding hydrogens is 206 g/mol. The SMILES string of the molecule is C=Cc1ccc(/C=C/COC)cc1[N+](=O)[O-]. The van der Waals surface area contributed by atoms with Crippen molar-refractivity contribution in [1.29, 1.82) is 0 Å². The number of nitrogens with zero attached hydrogens (tertiary/aromatic N) is 1. The number of ether oxygens (including phenoxy) is 1. The molecule has 0 radical (unpaired) electrons. The highest BCUT2D eigenvalue weighted by Gasteiger charge is 2.10. The Morgan fingerprint density at radius 1 is 1.56 bits per heavy atom. The molecule has 0 fully saturated rings. The fourth-order valence-electron chi connectivity index (χ4n) is 1.28. The summed E-state index contributed by atoms with van der Waals surface area (Å²) in [6.45, 7) is 4.02. The zero-order valence-corrected chi connectivity index (χ0v) is 9.05. The molecule has 0 aromatic heterocycles. The molecule has 0 spiro atoms. The number of hydrogen-bond acceptors (Lipinski definition) is 3. The maximum absolute atomic E-state index is 10.8. The third-order valence-corrected chi connectivity index (χ3v) is 2.04. The van der Waals surface area contributed by atoms with Crippen LogP contribution in [0.3, 0.4) is 0 Å². The number of methoxy groups -OCH3 is 1. The molecule has 0 amide bonds. The van der Waals surface area contributed by atoms with E-state index in [1.165, 1.54) is 12.1 Å². The van der Waals surface area contributed by atoms with Gasteiger partial charge in [-0.2, -0.15) is 0 Å². The molecule has 0 atom stereocenters. The average molecular weight is 219 g/mol. The van der Waals surface area contributed by atoms with E-state index in [0.717, 1.165) is 5.56 Å². The second-order valence-electron chi connectivity index (χ2n) is 3.14. The van der Waals surface area contributed by atoms with Gasteiger partial charge in [-0.3, -0.25) is 10.1 Å². The summed E-state index contributed by atoms with van der Waals surface area (Å²) in [5, 5.41) is 10.8. The Hall–Kier alpha value is -1.94. The van der Waals surface area contributed by atoms with Crippen LogP contribution in [-0.4, -0.2) is 18.6 Å². The van der Waals surface area contributed by atoms with Crippen molar-refractivity contribution in [3.63, 3.8) is 0 Å². The molecular formula is C12H13NO3. The normalized spacial score (nSPS) is 10.6. The second-order valence-corrected chi connectivity index (χ2v) is 3.14. The van der Waals surface area contributed by atoms with Gasteiger partial charge in [0, 0.05) is 13.2 Å². The molecule has 0 bridgehead atoms. The van der Waals surface area contributed by atoms with Crippen LogP contribution in [0.2, 0.25) is 0 Å². The zero-order chi connectivity index (χ0) is 12.0. The van der Waals surface area contributed by atoms with Crippen molar-refractivity contribution in [2.24, 2.45) is 0 Å². The minimum absolute atomic E-state index is 0.0644. The van der Waals surface area contributed by atoms with Gasteiger partial charge in [-0.25, -0.2) is 0 Å². The lowest BCUT2D eigenvalue weighted by molar-refractivity contribution is -0.385. The van der Waals surface area contributed by atoms with Crippen molar-refractivity contribution in [2.75, 3.05) is 13.7 Å². The lowest BCUT2D eigenvalue weighted by Crippen LogP contribution is -1.92. The van der Waals surface area contributed by atoms with Crippen LogP contribution in [0.5, 0.6) is 0 Å². The van der Waals surface area contributed by atoms with E-state index < -0.39 is 4.92 Å². The van der Waals surface area contributed by atoms with Crippen LogP contribution in [0.25, 0.3) is 12.2 Å². The summed E-state index contributed by atoms with van der Waals surface area (Å²) in [5.41, 5.74) is 1.36. The van der Waals surface area contributed by atoms with Crippen molar-refractivity contribution in [2.45, 2.75) is 0 Å². The zero-order valence-electron chi connectivity index (χ0n) is 9.05. The number of nitro benzene ring substituents is 1. The molecule has 0 unspecified atom stereocenters. The fraction of sp³-hybridized carbons (Fsp3) is 0.167. The molecule has 0 aliphatic heterocycles. The largest absolute Gasteiger partial charge is 0.381 e. The Labute approximate surface area is 94.0 Å². The molecule has 0 heterocycles. The van der Waals surface area contributed by atoms with Gasteiger partial charge in [0.05, 0.1) is 17.1 Å². The standard InChI is InChI=1S/C12H13NO3/c1-3-11-7-6-10(5-4-8-16-2)9-12(11)13(14)15/h3-7,9H,1,8H2,2H3/b5-4+. The molecule has 0 saturated carbocycles. The Bertz CT molecular complexity index is 424.